The largest absolute Gasteiger partial charge is 0.457 e. The van der Waals surface area contributed by atoms with E-state index in [2.05, 4.69) is 50.0 Å². The highest BCUT2D eigenvalue weighted by molar-refractivity contribution is 5.89. The Morgan fingerprint density at radius 1 is 0.931 bits per heavy atom. The van der Waals surface area contributed by atoms with E-state index < -0.39 is 0 Å². The average molecular weight is 386 g/mol. The number of nitrogens with zero attached hydrogens (tertiary/aromatic N) is 4. The normalized spacial score (nSPS) is 16.6. The number of hydrogen-bond donors (Lipinski definition) is 0. The fraction of sp³-hybridized carbons (Fsp3) is 0.333. The zero-order chi connectivity index (χ0) is 19.5. The highest BCUT2D eigenvalue weighted by Crippen LogP contribution is 2.27. The number of rotatable bonds is 7. The van der Waals surface area contributed by atoms with Crippen molar-refractivity contribution in [3.63, 3.8) is 0 Å². The van der Waals surface area contributed by atoms with E-state index in [1.54, 1.807) is 0 Å². The highest BCUT2D eigenvalue weighted by Gasteiger charge is 2.11. The van der Waals surface area contributed by atoms with Gasteiger partial charge in [0.25, 0.3) is 0 Å². The van der Waals surface area contributed by atoms with Gasteiger partial charge in [-0.1, -0.05) is 12.1 Å². The van der Waals surface area contributed by atoms with Gasteiger partial charge in [-0.2, -0.15) is 5.10 Å². The minimum absolute atomic E-state index is 0.763. The second-order valence-electron chi connectivity index (χ2n) is 7.80. The number of fused-ring (bicyclic) bond motifs is 1. The minimum Gasteiger partial charge on any atom is -0.457 e. The maximum Gasteiger partial charge on any atom is 0.128 e. The van der Waals surface area contributed by atoms with Crippen LogP contribution >= 0.6 is 0 Å². The summed E-state index contributed by atoms with van der Waals surface area (Å²) in [5, 5.41) is 5.71. The number of aliphatic imine (C=N–C) groups is 1. The fourth-order valence-corrected chi connectivity index (χ4v) is 4.16. The summed E-state index contributed by atoms with van der Waals surface area (Å²) in [6, 6.07) is 14.4. The van der Waals surface area contributed by atoms with Crippen molar-refractivity contribution in [2.24, 2.45) is 4.99 Å². The predicted octanol–water partition coefficient (Wildman–Crippen LogP) is 4.78. The van der Waals surface area contributed by atoms with Crippen LogP contribution in [0, 0.1) is 0 Å². The number of allylic oxidation sites excluding steroid dienone is 1. The van der Waals surface area contributed by atoms with E-state index in [-0.39, 0.29) is 0 Å². The van der Waals surface area contributed by atoms with Gasteiger partial charge in [-0.25, -0.2) is 0 Å². The van der Waals surface area contributed by atoms with Crippen LogP contribution in [0.15, 0.2) is 59.7 Å². The zero-order valence-corrected chi connectivity index (χ0v) is 16.6. The summed E-state index contributed by atoms with van der Waals surface area (Å²) in [6.45, 7) is 5.40. The zero-order valence-electron chi connectivity index (χ0n) is 16.6. The summed E-state index contributed by atoms with van der Waals surface area (Å²) in [7, 11) is 0. The van der Waals surface area contributed by atoms with Crippen LogP contribution < -0.4 is 4.74 Å². The molecular formula is C24H26N4O. The molecule has 1 saturated heterocycles. The van der Waals surface area contributed by atoms with Gasteiger partial charge >= 0.3 is 0 Å². The van der Waals surface area contributed by atoms with E-state index in [0.717, 1.165) is 36.4 Å². The molecule has 0 radical (unpaired) electrons. The Labute approximate surface area is 171 Å². The van der Waals surface area contributed by atoms with Gasteiger partial charge in [0.15, 0.2) is 0 Å². The van der Waals surface area contributed by atoms with Crippen LogP contribution in [0.2, 0.25) is 0 Å². The molecule has 2 aliphatic heterocycles. The molecule has 2 aromatic carbocycles. The molecule has 0 saturated carbocycles. The van der Waals surface area contributed by atoms with Gasteiger partial charge in [-0.05, 0) is 86.4 Å². The number of aryl methyl sites for hydroxylation is 1. The third-order valence-corrected chi connectivity index (χ3v) is 5.76. The van der Waals surface area contributed by atoms with Crippen LogP contribution in [-0.2, 0) is 6.54 Å². The molecule has 2 aliphatic rings. The lowest BCUT2D eigenvalue weighted by molar-refractivity contribution is 0.323. The van der Waals surface area contributed by atoms with E-state index in [1.807, 2.05) is 30.6 Å². The first-order valence-corrected chi connectivity index (χ1v) is 10.5. The molecule has 5 nitrogen and oxygen atoms in total. The van der Waals surface area contributed by atoms with Gasteiger partial charge < -0.3 is 9.64 Å². The molecule has 5 rings (SSSR count). The van der Waals surface area contributed by atoms with E-state index in [1.165, 1.54) is 49.1 Å². The molecule has 0 aliphatic carbocycles. The van der Waals surface area contributed by atoms with Crippen LogP contribution in [-0.4, -0.2) is 47.1 Å². The third kappa shape index (κ3) is 4.10. The summed E-state index contributed by atoms with van der Waals surface area (Å²) in [5.41, 5.74) is 3.61. The van der Waals surface area contributed by atoms with Crippen molar-refractivity contribution in [2.45, 2.75) is 25.8 Å². The second-order valence-corrected chi connectivity index (χ2v) is 7.80. The van der Waals surface area contributed by atoms with Gasteiger partial charge in [0.1, 0.15) is 11.5 Å². The Morgan fingerprint density at radius 2 is 1.76 bits per heavy atom. The molecular weight excluding hydrogens is 360 g/mol. The van der Waals surface area contributed by atoms with E-state index >= 15 is 0 Å². The Balaban J connectivity index is 1.23. The molecule has 0 atom stereocenters. The molecule has 0 N–H and O–H groups in total. The first-order chi connectivity index (χ1) is 14.3. The van der Waals surface area contributed by atoms with Crippen molar-refractivity contribution in [3.8, 4) is 11.5 Å². The molecule has 1 fully saturated rings. The molecule has 0 unspecified atom stereocenters. The second kappa shape index (κ2) is 8.21. The minimum atomic E-state index is 0.763. The van der Waals surface area contributed by atoms with Crippen molar-refractivity contribution in [1.82, 2.24) is 14.7 Å². The lowest BCUT2D eigenvalue weighted by Crippen LogP contribution is -2.21. The summed E-state index contributed by atoms with van der Waals surface area (Å²) in [5.74, 6) is 1.68. The van der Waals surface area contributed by atoms with Crippen LogP contribution in [0.3, 0.4) is 0 Å². The van der Waals surface area contributed by atoms with Crippen molar-refractivity contribution in [2.75, 3.05) is 26.2 Å². The Kier molecular flexibility index (Phi) is 5.13. The smallest absolute Gasteiger partial charge is 0.128 e. The summed E-state index contributed by atoms with van der Waals surface area (Å²) in [6.07, 6.45) is 9.70. The number of hydrogen-bond acceptors (Lipinski definition) is 4. The summed E-state index contributed by atoms with van der Waals surface area (Å²) >= 11 is 0. The van der Waals surface area contributed by atoms with Crippen molar-refractivity contribution >= 4 is 22.7 Å². The number of benzene rings is 2. The van der Waals surface area contributed by atoms with Crippen molar-refractivity contribution < 1.29 is 4.74 Å². The Bertz CT molecular complexity index is 1040. The first kappa shape index (κ1) is 18.1. The first-order valence-electron chi connectivity index (χ1n) is 10.5. The maximum atomic E-state index is 6.07. The molecule has 148 valence electrons. The molecule has 3 aromatic rings. The molecule has 1 aromatic heterocycles. The quantitative estimate of drug-likeness (QED) is 0.587. The van der Waals surface area contributed by atoms with Gasteiger partial charge in [0.2, 0.25) is 0 Å². The van der Waals surface area contributed by atoms with Crippen molar-refractivity contribution in [1.29, 1.82) is 0 Å². The molecule has 29 heavy (non-hydrogen) atoms. The molecule has 3 heterocycles. The standard InChI is InChI=1S/C24H26N4O/c1-2-13-27(12-1)14-3-15-28-24-9-8-23(16-21(24)18-26-28)29-22-6-4-19(5-7-22)20-10-11-25-17-20/h4-11,16,18H,1-3,12-15,17H2. The van der Waals surface area contributed by atoms with E-state index in [0.29, 0.717) is 0 Å². The fourth-order valence-electron chi connectivity index (χ4n) is 4.16. The Morgan fingerprint density at radius 3 is 2.55 bits per heavy atom. The predicted molar refractivity (Wildman–Crippen MR) is 118 cm³/mol. The topological polar surface area (TPSA) is 42.7 Å². The van der Waals surface area contributed by atoms with Crippen LogP contribution in [0.25, 0.3) is 16.5 Å². The number of aromatic nitrogens is 2. The number of ether oxygens (including phenoxy) is 1. The molecule has 0 spiro atoms. The molecule has 5 heteroatoms. The lowest BCUT2D eigenvalue weighted by Gasteiger charge is -2.14. The molecule has 0 bridgehead atoms. The van der Waals surface area contributed by atoms with Gasteiger partial charge in [0, 0.05) is 18.1 Å². The lowest BCUT2D eigenvalue weighted by atomic mass is 10.1. The monoisotopic (exact) mass is 386 g/mol. The maximum absolute atomic E-state index is 6.07. The van der Waals surface area contributed by atoms with E-state index in [9.17, 15) is 0 Å². The van der Waals surface area contributed by atoms with E-state index in [4.69, 9.17) is 4.74 Å². The van der Waals surface area contributed by atoms with Crippen molar-refractivity contribution in [3.05, 3.63) is 60.3 Å². The van der Waals surface area contributed by atoms with Gasteiger partial charge in [0.05, 0.1) is 18.3 Å². The van der Waals surface area contributed by atoms with Gasteiger partial charge in [-0.15, -0.1) is 0 Å². The summed E-state index contributed by atoms with van der Waals surface area (Å²) in [4.78, 5) is 6.80. The SMILES string of the molecule is C1=NCC(c2ccc(Oc3ccc4c(cnn4CCCN4CCCC4)c3)cc2)=C1. The molecule has 0 amide bonds. The van der Waals surface area contributed by atoms with Gasteiger partial charge in [-0.3, -0.25) is 9.67 Å². The third-order valence-electron chi connectivity index (χ3n) is 5.76. The van der Waals surface area contributed by atoms with Crippen LogP contribution in [0.1, 0.15) is 24.8 Å². The summed E-state index contributed by atoms with van der Waals surface area (Å²) < 4.78 is 8.18. The highest BCUT2D eigenvalue weighted by atomic mass is 16.5. The van der Waals surface area contributed by atoms with Crippen LogP contribution in [0.5, 0.6) is 11.5 Å². The number of likely N-dealkylation sites (tertiary alicyclic amines) is 1. The Hall–Kier alpha value is -2.92. The van der Waals surface area contributed by atoms with Crippen LogP contribution in [0.4, 0.5) is 0 Å². The average Bonchev–Trinajstić information content (AvgIpc) is 3.51.